The van der Waals surface area contributed by atoms with Crippen molar-refractivity contribution >= 4 is 12.0 Å². The monoisotopic (exact) mass is 308 g/mol. The molecule has 0 aromatic rings. The third-order valence-electron chi connectivity index (χ3n) is 3.38. The molecule has 1 aliphatic rings. The number of rotatable bonds is 6. The smallest absolute Gasteiger partial charge is 0.409 e. The lowest BCUT2D eigenvalue weighted by molar-refractivity contribution is -0.117. The molecule has 1 rings (SSSR count). The first-order valence-electron chi connectivity index (χ1n) is 7.68. The number of carbonyl (C=O) groups excluding carboxylic acids is 2. The first kappa shape index (κ1) is 17.8. The second-order valence-electron chi connectivity index (χ2n) is 5.05. The predicted octanol–water partition coefficient (Wildman–Crippen LogP) is 1.13. The van der Waals surface area contributed by atoms with Crippen molar-refractivity contribution in [2.24, 2.45) is 0 Å². The molecule has 0 atom stereocenters. The standard InChI is InChI=1S/C15H24N4O3/c1-3-7-17-14(20)12(10-16)11-18-13-5-8-19(9-6-13)15(21)22-4-2/h11,13,18H,3-9H2,1-2H3,(H,17,20)/b12-11-. The van der Waals surface area contributed by atoms with E-state index in [0.717, 1.165) is 19.3 Å². The number of nitrogens with zero attached hydrogens (tertiary/aromatic N) is 2. The fourth-order valence-electron chi connectivity index (χ4n) is 2.13. The lowest BCUT2D eigenvalue weighted by Gasteiger charge is -2.31. The van der Waals surface area contributed by atoms with Crippen LogP contribution in [0, 0.1) is 11.3 Å². The van der Waals surface area contributed by atoms with Crippen LogP contribution in [-0.2, 0) is 9.53 Å². The van der Waals surface area contributed by atoms with Crippen LogP contribution in [0.2, 0.25) is 0 Å². The van der Waals surface area contributed by atoms with Crippen LogP contribution in [0.4, 0.5) is 4.79 Å². The number of hydrogen-bond acceptors (Lipinski definition) is 5. The van der Waals surface area contributed by atoms with E-state index in [0.29, 0.717) is 26.2 Å². The number of piperidine rings is 1. The van der Waals surface area contributed by atoms with E-state index in [1.807, 2.05) is 13.0 Å². The topological polar surface area (TPSA) is 94.5 Å². The van der Waals surface area contributed by atoms with Crippen LogP contribution in [-0.4, -0.2) is 49.2 Å². The molecule has 2 amide bonds. The number of ether oxygens (including phenoxy) is 1. The molecule has 0 aromatic carbocycles. The SMILES string of the molecule is CCCNC(=O)/C(C#N)=C\NC1CCN(C(=O)OCC)CC1. The van der Waals surface area contributed by atoms with Crippen molar-refractivity contribution in [3.63, 3.8) is 0 Å². The van der Waals surface area contributed by atoms with Crippen molar-refractivity contribution in [1.29, 1.82) is 5.26 Å². The molecule has 7 nitrogen and oxygen atoms in total. The van der Waals surface area contributed by atoms with Crippen LogP contribution in [0.3, 0.4) is 0 Å². The Morgan fingerprint density at radius 3 is 2.59 bits per heavy atom. The van der Waals surface area contributed by atoms with Gasteiger partial charge in [0.1, 0.15) is 11.6 Å². The van der Waals surface area contributed by atoms with Crippen molar-refractivity contribution in [3.8, 4) is 6.07 Å². The fraction of sp³-hybridized carbons (Fsp3) is 0.667. The lowest BCUT2D eigenvalue weighted by atomic mass is 10.1. The van der Waals surface area contributed by atoms with Crippen LogP contribution in [0.15, 0.2) is 11.8 Å². The number of nitriles is 1. The van der Waals surface area contributed by atoms with Gasteiger partial charge in [0.15, 0.2) is 0 Å². The number of likely N-dealkylation sites (tertiary alicyclic amines) is 1. The van der Waals surface area contributed by atoms with Gasteiger partial charge in [0, 0.05) is 31.9 Å². The highest BCUT2D eigenvalue weighted by Crippen LogP contribution is 2.11. The molecule has 0 aliphatic carbocycles. The molecule has 0 unspecified atom stereocenters. The van der Waals surface area contributed by atoms with E-state index in [9.17, 15) is 9.59 Å². The molecule has 0 spiro atoms. The molecule has 1 saturated heterocycles. The van der Waals surface area contributed by atoms with E-state index < -0.39 is 0 Å². The van der Waals surface area contributed by atoms with Gasteiger partial charge in [0.05, 0.1) is 6.61 Å². The average Bonchev–Trinajstić information content (AvgIpc) is 2.54. The highest BCUT2D eigenvalue weighted by atomic mass is 16.6. The summed E-state index contributed by atoms with van der Waals surface area (Å²) in [5.74, 6) is -0.360. The largest absolute Gasteiger partial charge is 0.450 e. The van der Waals surface area contributed by atoms with Gasteiger partial charge in [-0.2, -0.15) is 5.26 Å². The Morgan fingerprint density at radius 2 is 2.05 bits per heavy atom. The molecule has 2 N–H and O–H groups in total. The van der Waals surface area contributed by atoms with E-state index in [-0.39, 0.29) is 23.6 Å². The summed E-state index contributed by atoms with van der Waals surface area (Å²) in [4.78, 5) is 25.0. The normalized spacial score (nSPS) is 15.9. The Kier molecular flexibility index (Phi) is 7.83. The Balaban J connectivity index is 2.42. The van der Waals surface area contributed by atoms with Gasteiger partial charge in [-0.3, -0.25) is 4.79 Å². The van der Waals surface area contributed by atoms with E-state index >= 15 is 0 Å². The number of hydrogen-bond donors (Lipinski definition) is 2. The van der Waals surface area contributed by atoms with Gasteiger partial charge in [-0.15, -0.1) is 0 Å². The molecule has 1 aliphatic heterocycles. The second kappa shape index (κ2) is 9.66. The highest BCUT2D eigenvalue weighted by Gasteiger charge is 2.23. The van der Waals surface area contributed by atoms with Crippen LogP contribution >= 0.6 is 0 Å². The van der Waals surface area contributed by atoms with Crippen LogP contribution in [0.25, 0.3) is 0 Å². The Morgan fingerprint density at radius 1 is 1.36 bits per heavy atom. The minimum atomic E-state index is -0.360. The number of carbonyl (C=O) groups is 2. The summed E-state index contributed by atoms with van der Waals surface area (Å²) in [5.41, 5.74) is 0.0706. The van der Waals surface area contributed by atoms with Gasteiger partial charge >= 0.3 is 6.09 Å². The molecule has 0 radical (unpaired) electrons. The molecule has 1 fully saturated rings. The molecule has 0 saturated carbocycles. The van der Waals surface area contributed by atoms with Crippen molar-refractivity contribution in [1.82, 2.24) is 15.5 Å². The van der Waals surface area contributed by atoms with Crippen LogP contribution in [0.5, 0.6) is 0 Å². The molecule has 0 bridgehead atoms. The van der Waals surface area contributed by atoms with E-state index in [1.165, 1.54) is 6.20 Å². The Bertz CT molecular complexity index is 448. The third-order valence-corrected chi connectivity index (χ3v) is 3.38. The third kappa shape index (κ3) is 5.64. The molecule has 22 heavy (non-hydrogen) atoms. The molecule has 122 valence electrons. The first-order valence-corrected chi connectivity index (χ1v) is 7.68. The van der Waals surface area contributed by atoms with Gasteiger partial charge in [-0.05, 0) is 26.2 Å². The Hall–Kier alpha value is -2.23. The van der Waals surface area contributed by atoms with Gasteiger partial charge < -0.3 is 20.3 Å². The quantitative estimate of drug-likeness (QED) is 0.566. The second-order valence-corrected chi connectivity index (χ2v) is 5.05. The summed E-state index contributed by atoms with van der Waals surface area (Å²) in [5, 5.41) is 14.8. The van der Waals surface area contributed by atoms with Crippen molar-refractivity contribution < 1.29 is 14.3 Å². The molecule has 0 aromatic heterocycles. The van der Waals surface area contributed by atoms with Gasteiger partial charge in [-0.25, -0.2) is 4.79 Å². The van der Waals surface area contributed by atoms with Gasteiger partial charge in [0.2, 0.25) is 0 Å². The summed E-state index contributed by atoms with van der Waals surface area (Å²) >= 11 is 0. The molecule has 1 heterocycles. The zero-order valence-corrected chi connectivity index (χ0v) is 13.2. The predicted molar refractivity (Wildman–Crippen MR) is 81.7 cm³/mol. The fourth-order valence-corrected chi connectivity index (χ4v) is 2.13. The Labute approximate surface area is 131 Å². The summed E-state index contributed by atoms with van der Waals surface area (Å²) in [6, 6.07) is 2.04. The zero-order chi connectivity index (χ0) is 16.4. The summed E-state index contributed by atoms with van der Waals surface area (Å²) in [6.45, 7) is 5.87. The van der Waals surface area contributed by atoms with Gasteiger partial charge in [-0.1, -0.05) is 6.92 Å². The number of amides is 2. The van der Waals surface area contributed by atoms with E-state index in [1.54, 1.807) is 11.8 Å². The summed E-state index contributed by atoms with van der Waals surface area (Å²) in [7, 11) is 0. The summed E-state index contributed by atoms with van der Waals surface area (Å²) < 4.78 is 4.96. The van der Waals surface area contributed by atoms with Crippen LogP contribution in [0.1, 0.15) is 33.1 Å². The first-order chi connectivity index (χ1) is 10.6. The maximum Gasteiger partial charge on any atom is 0.409 e. The van der Waals surface area contributed by atoms with Crippen molar-refractivity contribution in [2.75, 3.05) is 26.2 Å². The minimum Gasteiger partial charge on any atom is -0.450 e. The maximum absolute atomic E-state index is 11.7. The van der Waals surface area contributed by atoms with E-state index in [2.05, 4.69) is 10.6 Å². The van der Waals surface area contributed by atoms with Crippen molar-refractivity contribution in [3.05, 3.63) is 11.8 Å². The van der Waals surface area contributed by atoms with Crippen molar-refractivity contribution in [2.45, 2.75) is 39.2 Å². The molecular formula is C15H24N4O3. The van der Waals surface area contributed by atoms with Crippen LogP contribution < -0.4 is 10.6 Å². The number of nitrogens with one attached hydrogen (secondary N) is 2. The highest BCUT2D eigenvalue weighted by molar-refractivity contribution is 5.97. The van der Waals surface area contributed by atoms with E-state index in [4.69, 9.17) is 10.00 Å². The molecular weight excluding hydrogens is 284 g/mol. The average molecular weight is 308 g/mol. The minimum absolute atomic E-state index is 0.0706. The molecule has 7 heteroatoms. The zero-order valence-electron chi connectivity index (χ0n) is 13.2. The van der Waals surface area contributed by atoms with Gasteiger partial charge in [0.25, 0.3) is 5.91 Å². The summed E-state index contributed by atoms with van der Waals surface area (Å²) in [6.07, 6.45) is 3.52. The maximum atomic E-state index is 11.7. The lowest BCUT2D eigenvalue weighted by Crippen LogP contribution is -2.44.